The van der Waals surface area contributed by atoms with Crippen LogP contribution in [0.2, 0.25) is 0 Å². The predicted molar refractivity (Wildman–Crippen MR) is 82.6 cm³/mol. The summed E-state index contributed by atoms with van der Waals surface area (Å²) in [6, 6.07) is 0.342. The number of rotatable bonds is 3. The molecule has 0 bridgehead atoms. The zero-order chi connectivity index (χ0) is 14.5. The number of hydrogen-bond donors (Lipinski definition) is 2. The first-order chi connectivity index (χ1) is 9.58. The molecule has 1 aliphatic carbocycles. The average Bonchev–Trinajstić information content (AvgIpc) is 2.48. The van der Waals surface area contributed by atoms with Crippen molar-refractivity contribution in [2.45, 2.75) is 65.3 Å². The number of hydrogen-bond acceptors (Lipinski definition) is 3. The van der Waals surface area contributed by atoms with E-state index in [0.717, 1.165) is 43.9 Å². The molecule has 4 heteroatoms. The normalized spacial score (nSPS) is 35.6. The number of nitrogens with one attached hydrogen (secondary N) is 2. The van der Waals surface area contributed by atoms with Crippen LogP contribution in [-0.2, 0) is 4.79 Å². The zero-order valence-electron chi connectivity index (χ0n) is 13.1. The quantitative estimate of drug-likeness (QED) is 0.616. The Kier molecular flexibility index (Phi) is 5.58. The van der Waals surface area contributed by atoms with Crippen molar-refractivity contribution in [3.8, 4) is 0 Å². The highest BCUT2D eigenvalue weighted by Crippen LogP contribution is 2.33. The van der Waals surface area contributed by atoms with Crippen molar-refractivity contribution in [1.29, 1.82) is 0 Å². The fourth-order valence-electron chi connectivity index (χ4n) is 3.31. The van der Waals surface area contributed by atoms with Gasteiger partial charge in [0.15, 0.2) is 0 Å². The number of piperidine rings is 1. The predicted octanol–water partition coefficient (Wildman–Crippen LogP) is 2.69. The Morgan fingerprint density at radius 2 is 1.95 bits per heavy atom. The molecular formula is C16H29N3O. The van der Waals surface area contributed by atoms with Crippen molar-refractivity contribution >= 4 is 11.6 Å². The summed E-state index contributed by atoms with van der Waals surface area (Å²) >= 11 is 0. The third kappa shape index (κ3) is 4.05. The van der Waals surface area contributed by atoms with Crippen LogP contribution in [0, 0.1) is 17.8 Å². The lowest BCUT2D eigenvalue weighted by Crippen LogP contribution is -2.41. The van der Waals surface area contributed by atoms with E-state index in [2.05, 4.69) is 29.7 Å². The molecule has 1 amide bonds. The molecule has 0 aromatic carbocycles. The Labute approximate surface area is 122 Å². The second kappa shape index (κ2) is 7.21. The van der Waals surface area contributed by atoms with Gasteiger partial charge < -0.3 is 5.32 Å². The van der Waals surface area contributed by atoms with Gasteiger partial charge in [0.1, 0.15) is 0 Å². The Morgan fingerprint density at radius 1 is 1.15 bits per heavy atom. The maximum absolute atomic E-state index is 12.2. The van der Waals surface area contributed by atoms with Crippen LogP contribution >= 0.6 is 0 Å². The van der Waals surface area contributed by atoms with Gasteiger partial charge in [-0.15, -0.1) is 0 Å². The van der Waals surface area contributed by atoms with Gasteiger partial charge in [-0.1, -0.05) is 20.3 Å². The van der Waals surface area contributed by atoms with Crippen LogP contribution in [0.5, 0.6) is 0 Å². The second-order valence-corrected chi connectivity index (χ2v) is 6.70. The summed E-state index contributed by atoms with van der Waals surface area (Å²) < 4.78 is 0. The molecule has 0 aromatic rings. The minimum Gasteiger partial charge on any atom is -0.309 e. The third-order valence-electron chi connectivity index (χ3n) is 5.13. The largest absolute Gasteiger partial charge is 0.309 e. The van der Waals surface area contributed by atoms with Gasteiger partial charge in [0.05, 0.1) is 5.71 Å². The van der Waals surface area contributed by atoms with E-state index in [1.165, 1.54) is 12.8 Å². The molecule has 2 fully saturated rings. The molecule has 2 N–H and O–H groups in total. The molecule has 114 valence electrons. The molecule has 4 nitrogen and oxygen atoms in total. The van der Waals surface area contributed by atoms with Gasteiger partial charge >= 0.3 is 0 Å². The van der Waals surface area contributed by atoms with E-state index in [1.807, 2.05) is 6.92 Å². The molecular weight excluding hydrogens is 250 g/mol. The zero-order valence-corrected chi connectivity index (χ0v) is 13.1. The number of carbonyl (C=O) groups excluding carboxylic acids is 1. The van der Waals surface area contributed by atoms with Gasteiger partial charge in [0.2, 0.25) is 5.91 Å². The Morgan fingerprint density at radius 3 is 2.60 bits per heavy atom. The first-order valence-electron chi connectivity index (χ1n) is 8.15. The topological polar surface area (TPSA) is 53.5 Å². The first-order valence-corrected chi connectivity index (χ1v) is 8.15. The fraction of sp³-hybridized carbons (Fsp3) is 0.875. The van der Waals surface area contributed by atoms with E-state index >= 15 is 0 Å². The van der Waals surface area contributed by atoms with Crippen LogP contribution in [0.15, 0.2) is 5.10 Å². The lowest BCUT2D eigenvalue weighted by Gasteiger charge is -2.30. The number of nitrogens with zero attached hydrogens (tertiary/aromatic N) is 1. The summed E-state index contributed by atoms with van der Waals surface area (Å²) in [5, 5.41) is 7.77. The molecule has 2 aliphatic rings. The van der Waals surface area contributed by atoms with Crippen LogP contribution in [0.3, 0.4) is 0 Å². The fourth-order valence-corrected chi connectivity index (χ4v) is 3.31. The highest BCUT2D eigenvalue weighted by molar-refractivity contribution is 5.89. The first kappa shape index (κ1) is 15.5. The molecule has 4 unspecified atom stereocenters. The van der Waals surface area contributed by atoms with Crippen LogP contribution in [0.25, 0.3) is 0 Å². The summed E-state index contributed by atoms with van der Waals surface area (Å²) in [5.74, 6) is 1.65. The maximum atomic E-state index is 12.2. The smallest absolute Gasteiger partial charge is 0.243 e. The summed E-state index contributed by atoms with van der Waals surface area (Å²) in [4.78, 5) is 12.2. The Bertz CT molecular complexity index is 361. The molecule has 4 atom stereocenters. The number of hydrazone groups is 1. The maximum Gasteiger partial charge on any atom is 0.243 e. The van der Waals surface area contributed by atoms with Crippen LogP contribution < -0.4 is 10.7 Å². The van der Waals surface area contributed by atoms with Crippen molar-refractivity contribution in [2.75, 3.05) is 6.54 Å². The van der Waals surface area contributed by atoms with E-state index in [0.29, 0.717) is 12.0 Å². The summed E-state index contributed by atoms with van der Waals surface area (Å²) in [6.45, 7) is 7.61. The van der Waals surface area contributed by atoms with Gasteiger partial charge in [-0.3, -0.25) is 4.79 Å². The Balaban J connectivity index is 1.81. The van der Waals surface area contributed by atoms with Crippen LogP contribution in [0.1, 0.15) is 59.3 Å². The second-order valence-electron chi connectivity index (χ2n) is 6.70. The SMILES string of the molecule is C/C(=N\NC(=O)C1CCC(C)C(C)C1)C1CCCCN1. The van der Waals surface area contributed by atoms with Crippen molar-refractivity contribution in [2.24, 2.45) is 22.9 Å². The van der Waals surface area contributed by atoms with Crippen LogP contribution in [-0.4, -0.2) is 24.2 Å². The highest BCUT2D eigenvalue weighted by Gasteiger charge is 2.29. The lowest BCUT2D eigenvalue weighted by atomic mass is 9.75. The molecule has 0 spiro atoms. The van der Waals surface area contributed by atoms with Gasteiger partial charge in [0, 0.05) is 12.0 Å². The summed E-state index contributed by atoms with van der Waals surface area (Å²) in [6.07, 6.45) is 6.79. The molecule has 1 heterocycles. The van der Waals surface area contributed by atoms with E-state index in [4.69, 9.17) is 0 Å². The molecule has 1 saturated heterocycles. The van der Waals surface area contributed by atoms with Crippen molar-refractivity contribution in [3.05, 3.63) is 0 Å². The van der Waals surface area contributed by atoms with Gasteiger partial charge in [-0.05, 0) is 57.4 Å². The average molecular weight is 279 g/mol. The molecule has 1 saturated carbocycles. The van der Waals surface area contributed by atoms with Gasteiger partial charge in [0.25, 0.3) is 0 Å². The van der Waals surface area contributed by atoms with Crippen molar-refractivity contribution in [3.63, 3.8) is 0 Å². The summed E-state index contributed by atoms with van der Waals surface area (Å²) in [5.41, 5.74) is 3.80. The van der Waals surface area contributed by atoms with E-state index < -0.39 is 0 Å². The Hall–Kier alpha value is -0.900. The number of amides is 1. The van der Waals surface area contributed by atoms with Crippen molar-refractivity contribution < 1.29 is 4.79 Å². The molecule has 1 aliphatic heterocycles. The number of carbonyl (C=O) groups is 1. The van der Waals surface area contributed by atoms with Gasteiger partial charge in [-0.25, -0.2) is 5.43 Å². The summed E-state index contributed by atoms with van der Waals surface area (Å²) in [7, 11) is 0. The lowest BCUT2D eigenvalue weighted by molar-refractivity contribution is -0.126. The minimum absolute atomic E-state index is 0.110. The monoisotopic (exact) mass is 279 g/mol. The van der Waals surface area contributed by atoms with E-state index in [9.17, 15) is 4.79 Å². The molecule has 0 aromatic heterocycles. The van der Waals surface area contributed by atoms with Crippen LogP contribution in [0.4, 0.5) is 0 Å². The standard InChI is InChI=1S/C16H29N3O/c1-11-7-8-14(10-12(11)2)16(20)19-18-13(3)15-6-4-5-9-17-15/h11-12,14-15,17H,4-10H2,1-3H3,(H,19,20)/b18-13+. The van der Waals surface area contributed by atoms with Crippen molar-refractivity contribution in [1.82, 2.24) is 10.7 Å². The molecule has 2 rings (SSSR count). The molecule has 0 radical (unpaired) electrons. The minimum atomic E-state index is 0.110. The molecule has 20 heavy (non-hydrogen) atoms. The van der Waals surface area contributed by atoms with E-state index in [1.54, 1.807) is 0 Å². The van der Waals surface area contributed by atoms with Gasteiger partial charge in [-0.2, -0.15) is 5.10 Å². The highest BCUT2D eigenvalue weighted by atomic mass is 16.2. The third-order valence-corrected chi connectivity index (χ3v) is 5.13. The van der Waals surface area contributed by atoms with E-state index in [-0.39, 0.29) is 11.8 Å².